The Labute approximate surface area is 167 Å². The lowest BCUT2D eigenvalue weighted by Gasteiger charge is -2.57. The molecule has 4 aliphatic carbocycles. The van der Waals surface area contributed by atoms with Crippen LogP contribution in [-0.4, -0.2) is 36.6 Å². The standard InChI is InChI=1S/C25H42N2/c1-18-10-13-25-19(2)11-12-24(14-22(18)25,23(25,3)4)17-27-16-21(27)15-26-20-8-6-5-7-9-20/h19-21,26H,5-17H2,1-4H3. The van der Waals surface area contributed by atoms with Crippen LogP contribution in [0.3, 0.4) is 0 Å². The SMILES string of the molecule is CC1=C2CC3(CN4CC4CNC4CCCCC4)CCC(C)C2(CC1)C3(C)C. The van der Waals surface area contributed by atoms with Gasteiger partial charge in [-0.15, -0.1) is 0 Å². The lowest BCUT2D eigenvalue weighted by molar-refractivity contribution is -0.0777. The van der Waals surface area contributed by atoms with Crippen molar-refractivity contribution < 1.29 is 0 Å². The van der Waals surface area contributed by atoms with E-state index in [1.54, 1.807) is 5.57 Å². The van der Waals surface area contributed by atoms with E-state index in [0.717, 1.165) is 18.0 Å². The summed E-state index contributed by atoms with van der Waals surface area (Å²) in [6.45, 7) is 14.3. The lowest BCUT2D eigenvalue weighted by Crippen LogP contribution is -2.53. The average molecular weight is 371 g/mol. The summed E-state index contributed by atoms with van der Waals surface area (Å²) in [7, 11) is 0. The van der Waals surface area contributed by atoms with E-state index in [1.807, 2.05) is 5.57 Å². The topological polar surface area (TPSA) is 15.0 Å². The Balaban J connectivity index is 1.28. The van der Waals surface area contributed by atoms with Gasteiger partial charge in [0.1, 0.15) is 0 Å². The Morgan fingerprint density at radius 3 is 2.63 bits per heavy atom. The van der Waals surface area contributed by atoms with E-state index in [4.69, 9.17) is 0 Å². The molecule has 1 spiro atoms. The van der Waals surface area contributed by atoms with Crippen LogP contribution < -0.4 is 5.32 Å². The first kappa shape index (κ1) is 18.7. The van der Waals surface area contributed by atoms with E-state index in [-0.39, 0.29) is 0 Å². The molecule has 27 heavy (non-hydrogen) atoms. The summed E-state index contributed by atoms with van der Waals surface area (Å²) in [6, 6.07) is 1.64. The van der Waals surface area contributed by atoms with Gasteiger partial charge in [0.15, 0.2) is 0 Å². The van der Waals surface area contributed by atoms with Crippen LogP contribution in [-0.2, 0) is 0 Å². The lowest BCUT2D eigenvalue weighted by atomic mass is 9.48. The van der Waals surface area contributed by atoms with Crippen molar-refractivity contribution in [3.8, 4) is 0 Å². The van der Waals surface area contributed by atoms with Crippen molar-refractivity contribution in [1.29, 1.82) is 0 Å². The maximum Gasteiger partial charge on any atom is 0.0349 e. The molecular weight excluding hydrogens is 328 g/mol. The van der Waals surface area contributed by atoms with E-state index in [9.17, 15) is 0 Å². The third kappa shape index (κ3) is 2.58. The summed E-state index contributed by atoms with van der Waals surface area (Å²) in [5.41, 5.74) is 5.21. The monoisotopic (exact) mass is 370 g/mol. The number of hydrogen-bond donors (Lipinski definition) is 1. The number of nitrogens with one attached hydrogen (secondary N) is 1. The minimum atomic E-state index is 0.467. The minimum absolute atomic E-state index is 0.467. The molecule has 0 aromatic heterocycles. The largest absolute Gasteiger partial charge is 0.312 e. The summed E-state index contributed by atoms with van der Waals surface area (Å²) in [5.74, 6) is 0.883. The highest BCUT2D eigenvalue weighted by molar-refractivity contribution is 5.40. The Morgan fingerprint density at radius 1 is 1.07 bits per heavy atom. The van der Waals surface area contributed by atoms with Gasteiger partial charge in [0.25, 0.3) is 0 Å². The van der Waals surface area contributed by atoms with Gasteiger partial charge >= 0.3 is 0 Å². The molecule has 5 atom stereocenters. The molecule has 152 valence electrons. The second-order valence-corrected chi connectivity index (χ2v) is 11.6. The van der Waals surface area contributed by atoms with Crippen LogP contribution in [0.15, 0.2) is 11.1 Å². The quantitative estimate of drug-likeness (QED) is 0.505. The third-order valence-electron chi connectivity index (χ3n) is 10.4. The molecule has 2 bridgehead atoms. The summed E-state index contributed by atoms with van der Waals surface area (Å²) >= 11 is 0. The number of nitrogens with zero attached hydrogens (tertiary/aromatic N) is 1. The Morgan fingerprint density at radius 2 is 1.85 bits per heavy atom. The molecule has 1 saturated heterocycles. The first-order valence-electron chi connectivity index (χ1n) is 12.1. The molecule has 3 saturated carbocycles. The minimum Gasteiger partial charge on any atom is -0.312 e. The molecule has 0 aromatic rings. The second-order valence-electron chi connectivity index (χ2n) is 11.6. The molecule has 0 amide bonds. The zero-order valence-corrected chi connectivity index (χ0v) is 18.4. The van der Waals surface area contributed by atoms with E-state index in [1.165, 1.54) is 83.8 Å². The summed E-state index contributed by atoms with van der Waals surface area (Å²) in [4.78, 5) is 2.83. The van der Waals surface area contributed by atoms with Gasteiger partial charge in [0.05, 0.1) is 0 Å². The van der Waals surface area contributed by atoms with E-state index < -0.39 is 0 Å². The van der Waals surface area contributed by atoms with Crippen molar-refractivity contribution in [3.63, 3.8) is 0 Å². The fourth-order valence-corrected chi connectivity index (χ4v) is 8.34. The van der Waals surface area contributed by atoms with E-state index in [0.29, 0.717) is 16.2 Å². The van der Waals surface area contributed by atoms with Gasteiger partial charge in [-0.25, -0.2) is 0 Å². The molecule has 4 fully saturated rings. The summed E-state index contributed by atoms with van der Waals surface area (Å²) in [5, 5.41) is 3.91. The number of allylic oxidation sites excluding steroid dienone is 2. The predicted molar refractivity (Wildman–Crippen MR) is 114 cm³/mol. The van der Waals surface area contributed by atoms with Gasteiger partial charge in [-0.3, -0.25) is 4.90 Å². The van der Waals surface area contributed by atoms with Crippen molar-refractivity contribution in [2.45, 2.75) is 104 Å². The van der Waals surface area contributed by atoms with Crippen molar-refractivity contribution >= 4 is 0 Å². The van der Waals surface area contributed by atoms with Crippen LogP contribution >= 0.6 is 0 Å². The smallest absolute Gasteiger partial charge is 0.0349 e. The van der Waals surface area contributed by atoms with Gasteiger partial charge < -0.3 is 5.32 Å². The van der Waals surface area contributed by atoms with E-state index >= 15 is 0 Å². The molecule has 1 heterocycles. The third-order valence-corrected chi connectivity index (χ3v) is 10.4. The van der Waals surface area contributed by atoms with Crippen LogP contribution in [0, 0.1) is 22.2 Å². The normalized spacial score (nSPS) is 46.0. The Kier molecular flexibility index (Phi) is 4.38. The average Bonchev–Trinajstić information content (AvgIpc) is 3.29. The molecule has 2 nitrogen and oxygen atoms in total. The van der Waals surface area contributed by atoms with Crippen molar-refractivity contribution in [2.75, 3.05) is 19.6 Å². The first-order chi connectivity index (χ1) is 12.9. The van der Waals surface area contributed by atoms with Crippen LogP contribution in [0.4, 0.5) is 0 Å². The van der Waals surface area contributed by atoms with Crippen molar-refractivity contribution in [2.24, 2.45) is 22.2 Å². The molecule has 5 rings (SSSR count). The van der Waals surface area contributed by atoms with Crippen molar-refractivity contribution in [1.82, 2.24) is 10.2 Å². The van der Waals surface area contributed by atoms with Crippen LogP contribution in [0.5, 0.6) is 0 Å². The summed E-state index contributed by atoms with van der Waals surface area (Å²) < 4.78 is 0. The van der Waals surface area contributed by atoms with Gasteiger partial charge in [-0.05, 0) is 68.6 Å². The summed E-state index contributed by atoms with van der Waals surface area (Å²) in [6.07, 6.45) is 14.3. The van der Waals surface area contributed by atoms with E-state index in [2.05, 4.69) is 37.9 Å². The molecule has 0 radical (unpaired) electrons. The van der Waals surface area contributed by atoms with Crippen LogP contribution in [0.25, 0.3) is 0 Å². The maximum absolute atomic E-state index is 3.91. The molecular formula is C25H42N2. The molecule has 2 heteroatoms. The molecule has 1 aliphatic heterocycles. The predicted octanol–water partition coefficient (Wildman–Crippen LogP) is 5.54. The number of fused-ring (bicyclic) bond motifs is 1. The zero-order valence-electron chi connectivity index (χ0n) is 18.4. The van der Waals surface area contributed by atoms with Crippen molar-refractivity contribution in [3.05, 3.63) is 11.1 Å². The Bertz CT molecular complexity index is 628. The highest BCUT2D eigenvalue weighted by Gasteiger charge is 2.70. The fourth-order valence-electron chi connectivity index (χ4n) is 8.34. The highest BCUT2D eigenvalue weighted by Crippen LogP contribution is 2.77. The van der Waals surface area contributed by atoms with Gasteiger partial charge in [0, 0.05) is 37.1 Å². The maximum atomic E-state index is 3.91. The fraction of sp³-hybridized carbons (Fsp3) is 0.920. The van der Waals surface area contributed by atoms with Gasteiger partial charge in [-0.2, -0.15) is 0 Å². The zero-order chi connectivity index (χ0) is 18.9. The molecule has 5 unspecified atom stereocenters. The van der Waals surface area contributed by atoms with Crippen LogP contribution in [0.1, 0.15) is 91.9 Å². The van der Waals surface area contributed by atoms with Gasteiger partial charge in [0.2, 0.25) is 0 Å². The molecule has 0 aromatic carbocycles. The molecule has 5 aliphatic rings. The highest BCUT2D eigenvalue weighted by atomic mass is 15.3. The molecule has 1 N–H and O–H groups in total. The number of rotatable bonds is 5. The number of hydrogen-bond acceptors (Lipinski definition) is 2. The Hall–Kier alpha value is -0.340. The second kappa shape index (κ2) is 6.33. The van der Waals surface area contributed by atoms with Crippen LogP contribution in [0.2, 0.25) is 0 Å². The first-order valence-corrected chi connectivity index (χ1v) is 12.1. The van der Waals surface area contributed by atoms with Gasteiger partial charge in [-0.1, -0.05) is 51.2 Å².